The van der Waals surface area contributed by atoms with Crippen molar-refractivity contribution in [2.45, 2.75) is 71.8 Å². The summed E-state index contributed by atoms with van der Waals surface area (Å²) in [5.74, 6) is -2.85. The zero-order valence-corrected chi connectivity index (χ0v) is 26.7. The first-order valence-electron chi connectivity index (χ1n) is 13.8. The molecule has 2 heterocycles. The van der Waals surface area contributed by atoms with E-state index in [-0.39, 0.29) is 29.5 Å². The number of β-lactam (4-membered cyclic amide) rings is 1. The van der Waals surface area contributed by atoms with Crippen molar-refractivity contribution in [3.8, 4) is 0 Å². The standard InChI is InChI=1S/C28H38N2O10SSi/c1-8-42(9-2,10-3)40-19(5)28(6)24-18(4)22(12-11-17-38-41(7,36)37)23(29(24)27(28)33)26(32)39-25(31)20-13-15-21(16-14-20)30(34)35/h11-16,18-19,24H,8-10,17H2,1-7H3/b12-11+/t18-,19?,24+,28+/m0/s1. The van der Waals surface area contributed by atoms with Gasteiger partial charge >= 0.3 is 11.9 Å². The van der Waals surface area contributed by atoms with Gasteiger partial charge in [-0.1, -0.05) is 39.8 Å². The molecule has 42 heavy (non-hydrogen) atoms. The van der Waals surface area contributed by atoms with Gasteiger partial charge in [-0.05, 0) is 49.7 Å². The number of hydrogen-bond acceptors (Lipinski definition) is 10. The van der Waals surface area contributed by atoms with Crippen molar-refractivity contribution in [1.29, 1.82) is 0 Å². The number of nitrogens with zero attached hydrogens (tertiary/aromatic N) is 2. The maximum absolute atomic E-state index is 13.8. The van der Waals surface area contributed by atoms with E-state index in [1.54, 1.807) is 0 Å². The largest absolute Gasteiger partial charge is 0.413 e. The minimum absolute atomic E-state index is 0.0856. The third kappa shape index (κ3) is 6.26. The van der Waals surface area contributed by atoms with Crippen molar-refractivity contribution in [3.05, 3.63) is 63.4 Å². The van der Waals surface area contributed by atoms with Crippen LogP contribution < -0.4 is 0 Å². The molecule has 1 amide bonds. The highest BCUT2D eigenvalue weighted by molar-refractivity contribution is 7.86. The Hall–Kier alpha value is -3.20. The number of allylic oxidation sites excluding steroid dienone is 1. The summed E-state index contributed by atoms with van der Waals surface area (Å²) in [6, 6.07) is 6.77. The third-order valence-electron chi connectivity index (χ3n) is 8.62. The van der Waals surface area contributed by atoms with E-state index in [2.05, 4.69) is 20.8 Å². The first-order valence-corrected chi connectivity index (χ1v) is 18.2. The molecule has 2 aliphatic rings. The Bertz CT molecular complexity index is 1410. The number of amides is 1. The number of esters is 2. The second-order valence-electron chi connectivity index (χ2n) is 10.9. The predicted octanol–water partition coefficient (Wildman–Crippen LogP) is 4.34. The summed E-state index contributed by atoms with van der Waals surface area (Å²) in [7, 11) is -5.80. The lowest BCUT2D eigenvalue weighted by Crippen LogP contribution is -2.72. The quantitative estimate of drug-likeness (QED) is 0.0589. The van der Waals surface area contributed by atoms with Crippen molar-refractivity contribution < 1.29 is 41.1 Å². The summed E-state index contributed by atoms with van der Waals surface area (Å²) in [6.45, 7) is 11.5. The summed E-state index contributed by atoms with van der Waals surface area (Å²) >= 11 is 0. The monoisotopic (exact) mass is 622 g/mol. The summed E-state index contributed by atoms with van der Waals surface area (Å²) in [4.78, 5) is 51.7. The fraction of sp³-hybridized carbons (Fsp3) is 0.536. The molecule has 0 aromatic heterocycles. The van der Waals surface area contributed by atoms with E-state index in [1.807, 2.05) is 20.8 Å². The molecule has 4 atom stereocenters. The van der Waals surface area contributed by atoms with E-state index in [9.17, 15) is 32.9 Å². The highest BCUT2D eigenvalue weighted by Gasteiger charge is 2.68. The molecular weight excluding hydrogens is 584 g/mol. The molecule has 1 fully saturated rings. The number of ether oxygens (including phenoxy) is 1. The van der Waals surface area contributed by atoms with Gasteiger partial charge in [0.2, 0.25) is 5.91 Å². The van der Waals surface area contributed by atoms with E-state index >= 15 is 0 Å². The summed E-state index contributed by atoms with van der Waals surface area (Å²) in [6.07, 6.45) is 3.38. The fourth-order valence-corrected chi connectivity index (χ4v) is 9.15. The number of benzene rings is 1. The second-order valence-corrected chi connectivity index (χ2v) is 17.2. The van der Waals surface area contributed by atoms with Crippen LogP contribution in [-0.4, -0.2) is 69.4 Å². The van der Waals surface area contributed by atoms with Crippen LogP contribution in [0.15, 0.2) is 47.7 Å². The molecule has 1 aromatic rings. The van der Waals surface area contributed by atoms with Crippen molar-refractivity contribution in [1.82, 2.24) is 4.90 Å². The van der Waals surface area contributed by atoms with Gasteiger partial charge in [-0.3, -0.25) is 19.1 Å². The summed E-state index contributed by atoms with van der Waals surface area (Å²) in [5, 5.41) is 10.9. The van der Waals surface area contributed by atoms with Crippen molar-refractivity contribution in [2.24, 2.45) is 11.3 Å². The number of fused-ring (bicyclic) bond motifs is 1. The second kappa shape index (κ2) is 12.6. The lowest BCUT2D eigenvalue weighted by Gasteiger charge is -2.56. The number of nitro benzene ring substituents is 1. The first kappa shape index (κ1) is 33.3. The van der Waals surface area contributed by atoms with Crippen LogP contribution in [0.3, 0.4) is 0 Å². The van der Waals surface area contributed by atoms with Crippen LogP contribution >= 0.6 is 0 Å². The van der Waals surface area contributed by atoms with Crippen LogP contribution in [0.25, 0.3) is 0 Å². The maximum Gasteiger partial charge on any atom is 0.363 e. The predicted molar refractivity (Wildman–Crippen MR) is 156 cm³/mol. The molecule has 3 rings (SSSR count). The molecule has 0 radical (unpaired) electrons. The van der Waals surface area contributed by atoms with Crippen LogP contribution in [0, 0.1) is 21.4 Å². The maximum atomic E-state index is 13.8. The topological polar surface area (TPSA) is 159 Å². The lowest BCUT2D eigenvalue weighted by molar-refractivity contribution is -0.384. The number of carbonyl (C=O) groups is 3. The number of hydrogen-bond donors (Lipinski definition) is 0. The molecule has 230 valence electrons. The molecule has 0 bridgehead atoms. The fourth-order valence-electron chi connectivity index (χ4n) is 5.83. The van der Waals surface area contributed by atoms with E-state index in [4.69, 9.17) is 13.3 Å². The van der Waals surface area contributed by atoms with Crippen LogP contribution in [0.2, 0.25) is 18.1 Å². The number of rotatable bonds is 13. The molecule has 0 saturated carbocycles. The van der Waals surface area contributed by atoms with Gasteiger partial charge in [0.1, 0.15) is 5.70 Å². The van der Waals surface area contributed by atoms with Crippen LogP contribution in [0.4, 0.5) is 5.69 Å². The highest BCUT2D eigenvalue weighted by atomic mass is 32.2. The average molecular weight is 623 g/mol. The summed E-state index contributed by atoms with van der Waals surface area (Å²) < 4.78 is 39.4. The van der Waals surface area contributed by atoms with Gasteiger partial charge in [-0.15, -0.1) is 0 Å². The third-order valence-corrected chi connectivity index (χ3v) is 13.9. The molecule has 0 aliphatic carbocycles. The molecule has 1 aromatic carbocycles. The molecule has 1 unspecified atom stereocenters. The molecule has 2 aliphatic heterocycles. The Balaban J connectivity index is 1.95. The Kier molecular flexibility index (Phi) is 9.97. The van der Waals surface area contributed by atoms with Crippen LogP contribution in [0.5, 0.6) is 0 Å². The molecule has 12 nitrogen and oxygen atoms in total. The zero-order valence-electron chi connectivity index (χ0n) is 24.9. The average Bonchev–Trinajstić information content (AvgIpc) is 3.22. The smallest absolute Gasteiger partial charge is 0.363 e. The van der Waals surface area contributed by atoms with Crippen molar-refractivity contribution in [2.75, 3.05) is 12.9 Å². The number of non-ortho nitro benzene ring substituents is 1. The van der Waals surface area contributed by atoms with Gasteiger partial charge in [0.15, 0.2) is 8.32 Å². The number of nitro groups is 1. The van der Waals surface area contributed by atoms with Crippen molar-refractivity contribution in [3.63, 3.8) is 0 Å². The number of carbonyl (C=O) groups excluding carboxylic acids is 3. The summed E-state index contributed by atoms with van der Waals surface area (Å²) in [5.41, 5.74) is -1.03. The molecule has 14 heteroatoms. The minimum Gasteiger partial charge on any atom is -0.413 e. The van der Waals surface area contributed by atoms with E-state index in [0.717, 1.165) is 36.5 Å². The SMILES string of the molecule is CC[Si](CC)(CC)OC(C)[C@@]1(C)C(=O)N2C(C(=O)OC(=O)c3ccc([N+](=O)[O-])cc3)=C(/C=C/COS(C)(=O)=O)[C@H](C)[C@@H]21. The Morgan fingerprint density at radius 3 is 2.21 bits per heavy atom. The zero-order chi connectivity index (χ0) is 31.6. The Morgan fingerprint density at radius 2 is 1.71 bits per heavy atom. The molecule has 1 saturated heterocycles. The minimum atomic E-state index is -3.71. The molecule has 0 spiro atoms. The first-order chi connectivity index (χ1) is 19.6. The molecular formula is C28H38N2O10SSi. The van der Waals surface area contributed by atoms with E-state index in [0.29, 0.717) is 5.57 Å². The van der Waals surface area contributed by atoms with Gasteiger partial charge < -0.3 is 14.1 Å². The van der Waals surface area contributed by atoms with Gasteiger partial charge in [0.25, 0.3) is 15.8 Å². The Labute approximate surface area is 247 Å². The van der Waals surface area contributed by atoms with Crippen LogP contribution in [0.1, 0.15) is 51.9 Å². The molecule has 0 N–H and O–H groups in total. The van der Waals surface area contributed by atoms with Gasteiger partial charge in [0.05, 0.1) is 40.9 Å². The lowest BCUT2D eigenvalue weighted by atomic mass is 9.65. The van der Waals surface area contributed by atoms with Gasteiger partial charge in [-0.25, -0.2) is 9.59 Å². The normalized spacial score (nSPS) is 23.1. The van der Waals surface area contributed by atoms with Gasteiger partial charge in [-0.2, -0.15) is 8.42 Å². The van der Waals surface area contributed by atoms with E-state index < -0.39 is 58.8 Å². The van der Waals surface area contributed by atoms with Gasteiger partial charge in [0, 0.05) is 18.1 Å². The Morgan fingerprint density at radius 1 is 1.14 bits per heavy atom. The van der Waals surface area contributed by atoms with Crippen LogP contribution in [-0.2, 0) is 33.1 Å². The highest BCUT2D eigenvalue weighted by Crippen LogP contribution is 2.55. The van der Waals surface area contributed by atoms with E-state index in [1.165, 1.54) is 29.2 Å². The van der Waals surface area contributed by atoms with Crippen molar-refractivity contribution >= 4 is 42.0 Å².